The number of hydrogen-bond donors (Lipinski definition) is 2. The zero-order valence-electron chi connectivity index (χ0n) is 8.23. The van der Waals surface area contributed by atoms with Crippen molar-refractivity contribution in [2.45, 2.75) is 6.92 Å². The van der Waals surface area contributed by atoms with E-state index >= 15 is 0 Å². The van der Waals surface area contributed by atoms with Gasteiger partial charge in [-0.05, 0) is 6.92 Å². The van der Waals surface area contributed by atoms with Gasteiger partial charge < -0.3 is 19.7 Å². The predicted octanol–water partition coefficient (Wildman–Crippen LogP) is -1.93. The second-order valence-electron chi connectivity index (χ2n) is 1.95. The summed E-state index contributed by atoms with van der Waals surface area (Å²) in [6.07, 6.45) is 0.418. The smallest absolute Gasteiger partial charge is 0.404 e. The van der Waals surface area contributed by atoms with Gasteiger partial charge in [-0.15, -0.1) is 0 Å². The molecule has 0 fully saturated rings. The van der Waals surface area contributed by atoms with E-state index in [0.717, 1.165) is 6.08 Å². The minimum atomic E-state index is -0.892. The van der Waals surface area contributed by atoms with E-state index in [-0.39, 0.29) is 0 Å². The van der Waals surface area contributed by atoms with E-state index in [9.17, 15) is 9.59 Å². The summed E-state index contributed by atoms with van der Waals surface area (Å²) >= 11 is 0. The SMILES string of the molecule is CCOC(N)=O.O=C(O)C=C[SiH2]O[SiH3]. The lowest BCUT2D eigenvalue weighted by atomic mass is 10.7. The van der Waals surface area contributed by atoms with Crippen LogP contribution in [0.3, 0.4) is 0 Å². The molecule has 8 heteroatoms. The average Bonchev–Trinajstić information content (AvgIpc) is 2.05. The van der Waals surface area contributed by atoms with Gasteiger partial charge in [-0.1, -0.05) is 5.70 Å². The summed E-state index contributed by atoms with van der Waals surface area (Å²) in [4.78, 5) is 19.4. The summed E-state index contributed by atoms with van der Waals surface area (Å²) in [7, 11) is 0.0959. The third-order valence-corrected chi connectivity index (χ3v) is 2.57. The van der Waals surface area contributed by atoms with Gasteiger partial charge >= 0.3 is 12.1 Å². The van der Waals surface area contributed by atoms with Crippen LogP contribution < -0.4 is 5.73 Å². The van der Waals surface area contributed by atoms with Crippen LogP contribution in [0.4, 0.5) is 4.79 Å². The summed E-state index contributed by atoms with van der Waals surface area (Å²) in [6, 6.07) is 0. The van der Waals surface area contributed by atoms with Crippen LogP contribution >= 0.6 is 0 Å². The summed E-state index contributed by atoms with van der Waals surface area (Å²) in [5, 5.41) is 8.03. The van der Waals surface area contributed by atoms with Crippen LogP contribution in [0.25, 0.3) is 0 Å². The number of primary amides is 1. The maximum atomic E-state index is 9.77. The Hall–Kier alpha value is -1.13. The van der Waals surface area contributed by atoms with Crippen molar-refractivity contribution in [1.29, 1.82) is 0 Å². The van der Waals surface area contributed by atoms with Crippen molar-refractivity contribution in [2.24, 2.45) is 5.73 Å². The summed E-state index contributed by atoms with van der Waals surface area (Å²) < 4.78 is 9.00. The van der Waals surface area contributed by atoms with E-state index in [1.807, 2.05) is 0 Å². The Morgan fingerprint density at radius 3 is 2.43 bits per heavy atom. The van der Waals surface area contributed by atoms with Crippen LogP contribution in [0.2, 0.25) is 0 Å². The minimum Gasteiger partial charge on any atom is -0.478 e. The van der Waals surface area contributed by atoms with E-state index < -0.39 is 21.8 Å². The van der Waals surface area contributed by atoms with E-state index in [1.165, 1.54) is 0 Å². The van der Waals surface area contributed by atoms with Gasteiger partial charge in [0.05, 0.1) is 6.61 Å². The molecule has 14 heavy (non-hydrogen) atoms. The molecule has 0 aromatic heterocycles. The minimum absolute atomic E-state index is 0.356. The Kier molecular flexibility index (Phi) is 13.0. The molecule has 0 aliphatic carbocycles. The van der Waals surface area contributed by atoms with Crippen molar-refractivity contribution in [1.82, 2.24) is 0 Å². The molecule has 0 heterocycles. The van der Waals surface area contributed by atoms with Gasteiger partial charge in [-0.2, -0.15) is 0 Å². The van der Waals surface area contributed by atoms with E-state index in [1.54, 1.807) is 12.6 Å². The Labute approximate surface area is 87.6 Å². The molecule has 1 amide bonds. The number of carbonyl (C=O) groups excluding carboxylic acids is 1. The molecule has 0 rings (SSSR count). The molecule has 0 unspecified atom stereocenters. The maximum Gasteiger partial charge on any atom is 0.404 e. The highest BCUT2D eigenvalue weighted by atomic mass is 28.3. The fourth-order valence-corrected chi connectivity index (χ4v) is 1.46. The molecule has 0 aliphatic rings. The Morgan fingerprint density at radius 2 is 2.21 bits per heavy atom. The summed E-state index contributed by atoms with van der Waals surface area (Å²) in [5.41, 5.74) is 6.15. The first kappa shape index (κ1) is 15.4. The molecule has 0 saturated carbocycles. The zero-order chi connectivity index (χ0) is 11.4. The molecule has 0 bridgehead atoms. The van der Waals surface area contributed by atoms with Gasteiger partial charge in [0.15, 0.2) is 9.76 Å². The lowest BCUT2D eigenvalue weighted by Crippen LogP contribution is -2.11. The van der Waals surface area contributed by atoms with Crippen LogP contribution in [-0.2, 0) is 13.6 Å². The second-order valence-corrected chi connectivity index (χ2v) is 5.06. The van der Waals surface area contributed by atoms with Gasteiger partial charge in [0.2, 0.25) is 0 Å². The lowest BCUT2D eigenvalue weighted by molar-refractivity contribution is -0.131. The fourth-order valence-electron chi connectivity index (χ4n) is 0.387. The van der Waals surface area contributed by atoms with Crippen molar-refractivity contribution in [2.75, 3.05) is 6.61 Å². The number of amides is 1. The number of aliphatic carboxylic acids is 1. The molecule has 0 aromatic carbocycles. The monoisotopic (exact) mass is 237 g/mol. The van der Waals surface area contributed by atoms with Gasteiger partial charge in [-0.25, -0.2) is 9.59 Å². The molecular formula is C6H15NO5Si2. The Bertz CT molecular complexity index is 197. The third kappa shape index (κ3) is 22.4. The average molecular weight is 237 g/mol. The molecule has 6 nitrogen and oxygen atoms in total. The van der Waals surface area contributed by atoms with Crippen LogP contribution in [0, 0.1) is 0 Å². The first-order valence-corrected chi connectivity index (χ1v) is 6.06. The molecule has 3 N–H and O–H groups in total. The second kappa shape index (κ2) is 11.9. The standard InChI is InChI=1S/C3H7NO2.C3H8O3Si2/c1-2-6-3(4)5;4-3(5)1-2-8-6-7/h2H2,1H3,(H2,4,5);1-2H,8H2,7H3,(H,4,5). The first-order valence-electron chi connectivity index (χ1n) is 3.85. The molecule has 0 atom stereocenters. The Balaban J connectivity index is 0. The van der Waals surface area contributed by atoms with Gasteiger partial charge in [0.1, 0.15) is 10.5 Å². The van der Waals surface area contributed by atoms with Gasteiger partial charge in [0.25, 0.3) is 0 Å². The highest BCUT2D eigenvalue weighted by molar-refractivity contribution is 6.40. The van der Waals surface area contributed by atoms with Crippen LogP contribution in [0.5, 0.6) is 0 Å². The van der Waals surface area contributed by atoms with Crippen LogP contribution in [0.15, 0.2) is 11.8 Å². The molecule has 0 aromatic rings. The number of carboxylic acids is 1. The number of rotatable bonds is 4. The fraction of sp³-hybridized carbons (Fsp3) is 0.333. The molecule has 82 valence electrons. The number of hydrogen-bond acceptors (Lipinski definition) is 4. The van der Waals surface area contributed by atoms with Crippen molar-refractivity contribution in [3.63, 3.8) is 0 Å². The molecule has 0 spiro atoms. The quantitative estimate of drug-likeness (QED) is 0.438. The summed E-state index contributed by atoms with van der Waals surface area (Å²) in [5.74, 6) is -0.892. The van der Waals surface area contributed by atoms with Crippen molar-refractivity contribution in [3.05, 3.63) is 11.8 Å². The molecule has 0 radical (unpaired) electrons. The van der Waals surface area contributed by atoms with Gasteiger partial charge in [0, 0.05) is 6.08 Å². The summed E-state index contributed by atoms with van der Waals surface area (Å²) in [6.45, 7) is 2.06. The van der Waals surface area contributed by atoms with E-state index in [4.69, 9.17) is 9.22 Å². The maximum absolute atomic E-state index is 9.77. The van der Waals surface area contributed by atoms with E-state index in [0.29, 0.717) is 17.1 Å². The number of nitrogens with two attached hydrogens (primary N) is 1. The molecule has 0 aliphatic heterocycles. The Morgan fingerprint density at radius 1 is 1.64 bits per heavy atom. The molecule has 0 saturated heterocycles. The third-order valence-electron chi connectivity index (χ3n) is 0.810. The van der Waals surface area contributed by atoms with Crippen LogP contribution in [-0.4, -0.2) is 44.0 Å². The normalized spacial score (nSPS) is 10.1. The zero-order valence-corrected chi connectivity index (χ0v) is 11.6. The topological polar surface area (TPSA) is 98.9 Å². The first-order chi connectivity index (χ1) is 6.54. The largest absolute Gasteiger partial charge is 0.478 e. The number of carbonyl (C=O) groups is 2. The predicted molar refractivity (Wildman–Crippen MR) is 57.6 cm³/mol. The van der Waals surface area contributed by atoms with Crippen LogP contribution in [0.1, 0.15) is 6.92 Å². The lowest BCUT2D eigenvalue weighted by Gasteiger charge is -1.89. The highest BCUT2D eigenvalue weighted by Gasteiger charge is 1.82. The van der Waals surface area contributed by atoms with Gasteiger partial charge in [-0.3, -0.25) is 0 Å². The van der Waals surface area contributed by atoms with Crippen molar-refractivity contribution >= 4 is 32.3 Å². The number of carboxylic acid groups (broad SMARTS) is 1. The molecular weight excluding hydrogens is 222 g/mol. The van der Waals surface area contributed by atoms with E-state index in [2.05, 4.69) is 10.5 Å². The number of ether oxygens (including phenoxy) is 1. The van der Waals surface area contributed by atoms with Crippen molar-refractivity contribution < 1.29 is 23.5 Å². The van der Waals surface area contributed by atoms with Crippen molar-refractivity contribution in [3.8, 4) is 0 Å². The highest BCUT2D eigenvalue weighted by Crippen LogP contribution is 1.69.